The van der Waals surface area contributed by atoms with Gasteiger partial charge in [0, 0.05) is 6.54 Å². The van der Waals surface area contributed by atoms with E-state index in [1.54, 1.807) is 11.8 Å². The van der Waals surface area contributed by atoms with Crippen LogP contribution in [-0.2, 0) is 4.74 Å². The van der Waals surface area contributed by atoms with Gasteiger partial charge in [0.15, 0.2) is 5.82 Å². The minimum absolute atomic E-state index is 0.479. The smallest absolute Gasteiger partial charge is 0.153 e. The maximum absolute atomic E-state index is 5.87. The van der Waals surface area contributed by atoms with Crippen LogP contribution in [0.15, 0.2) is 4.90 Å². The van der Waals surface area contributed by atoms with Crippen LogP contribution in [0.4, 0.5) is 10.8 Å². The van der Waals surface area contributed by atoms with Gasteiger partial charge in [0.1, 0.15) is 5.00 Å². The highest BCUT2D eigenvalue weighted by atomic mass is 32.2. The minimum Gasteiger partial charge on any atom is -0.382 e. The Hall–Kier alpha value is -0.460. The zero-order valence-corrected chi connectivity index (χ0v) is 12.4. The number of aromatic nitrogens is 1. The molecule has 0 amide bonds. The molecule has 1 aromatic heterocycles. The molecule has 102 valence electrons. The molecule has 6 heteroatoms. The third-order valence-electron chi connectivity index (χ3n) is 3.17. The van der Waals surface area contributed by atoms with Crippen molar-refractivity contribution >= 4 is 34.1 Å². The fourth-order valence-electron chi connectivity index (χ4n) is 2.23. The maximum atomic E-state index is 5.87. The lowest BCUT2D eigenvalue weighted by atomic mass is 9.98. The van der Waals surface area contributed by atoms with E-state index in [1.165, 1.54) is 43.6 Å². The van der Waals surface area contributed by atoms with E-state index in [4.69, 9.17) is 10.5 Å². The molecule has 0 saturated heterocycles. The first-order valence-corrected chi connectivity index (χ1v) is 8.45. The van der Waals surface area contributed by atoms with Gasteiger partial charge < -0.3 is 15.8 Å². The largest absolute Gasteiger partial charge is 0.382 e. The molecule has 0 radical (unpaired) electrons. The number of thioether (sulfide) groups is 1. The average molecular weight is 287 g/mol. The number of anilines is 2. The molecule has 1 fully saturated rings. The summed E-state index contributed by atoms with van der Waals surface area (Å²) in [5.74, 6) is 0.628. The Morgan fingerprint density at radius 1 is 1.44 bits per heavy atom. The molecule has 2 rings (SSSR count). The molecule has 3 N–H and O–H groups in total. The van der Waals surface area contributed by atoms with Gasteiger partial charge in [-0.05, 0) is 30.6 Å². The summed E-state index contributed by atoms with van der Waals surface area (Å²) in [4.78, 5) is 1.05. The summed E-state index contributed by atoms with van der Waals surface area (Å²) < 4.78 is 10.0. The van der Waals surface area contributed by atoms with Crippen molar-refractivity contribution in [1.29, 1.82) is 0 Å². The first-order chi connectivity index (χ1) is 8.81. The Morgan fingerprint density at radius 2 is 2.22 bits per heavy atom. The lowest BCUT2D eigenvalue weighted by molar-refractivity contribution is 0.0347. The summed E-state index contributed by atoms with van der Waals surface area (Å²) in [6, 6.07) is 0. The van der Waals surface area contributed by atoms with E-state index >= 15 is 0 Å². The summed E-state index contributed by atoms with van der Waals surface area (Å²) in [7, 11) is 0. The summed E-state index contributed by atoms with van der Waals surface area (Å²) in [6.07, 6.45) is 8.96. The Labute approximate surface area is 117 Å². The zero-order valence-electron chi connectivity index (χ0n) is 10.8. The molecule has 1 heterocycles. The number of hydrogen-bond acceptors (Lipinski definition) is 6. The van der Waals surface area contributed by atoms with E-state index in [9.17, 15) is 0 Å². The van der Waals surface area contributed by atoms with Crippen LogP contribution in [0.5, 0.6) is 0 Å². The van der Waals surface area contributed by atoms with Gasteiger partial charge in [0.2, 0.25) is 0 Å². The molecule has 0 aromatic carbocycles. The molecule has 4 nitrogen and oxygen atoms in total. The monoisotopic (exact) mass is 287 g/mol. The number of nitrogens with zero attached hydrogens (tertiary/aromatic N) is 1. The molecule has 0 atom stereocenters. The molecule has 1 aromatic rings. The Morgan fingerprint density at radius 3 is 2.94 bits per heavy atom. The van der Waals surface area contributed by atoms with Crippen molar-refractivity contribution in [3.05, 3.63) is 0 Å². The van der Waals surface area contributed by atoms with Crippen LogP contribution in [0.25, 0.3) is 0 Å². The van der Waals surface area contributed by atoms with E-state index in [1.807, 2.05) is 6.26 Å². The Bertz CT molecular complexity index is 364. The molecule has 0 unspecified atom stereocenters. The van der Waals surface area contributed by atoms with E-state index in [2.05, 4.69) is 9.69 Å². The maximum Gasteiger partial charge on any atom is 0.153 e. The van der Waals surface area contributed by atoms with Gasteiger partial charge in [-0.2, -0.15) is 4.37 Å². The average Bonchev–Trinajstić information content (AvgIpc) is 2.76. The van der Waals surface area contributed by atoms with E-state index in [0.717, 1.165) is 23.0 Å². The van der Waals surface area contributed by atoms with Crippen molar-refractivity contribution in [1.82, 2.24) is 4.37 Å². The molecule has 0 bridgehead atoms. The molecule has 1 saturated carbocycles. The summed E-state index contributed by atoms with van der Waals surface area (Å²) in [5, 5.41) is 4.42. The van der Waals surface area contributed by atoms with Crippen LogP contribution in [0.1, 0.15) is 32.1 Å². The standard InChI is InChI=1S/C12H21N3OS2/c1-17-10-11(13)15-18-12(10)14-7-8-16-9-5-3-2-4-6-9/h9,14H,2-8H2,1H3,(H2,13,15). The van der Waals surface area contributed by atoms with Gasteiger partial charge in [-0.1, -0.05) is 19.3 Å². The lowest BCUT2D eigenvalue weighted by Gasteiger charge is -2.22. The third-order valence-corrected chi connectivity index (χ3v) is 4.94. The molecule has 1 aliphatic rings. The first-order valence-electron chi connectivity index (χ1n) is 6.46. The fraction of sp³-hybridized carbons (Fsp3) is 0.750. The van der Waals surface area contributed by atoms with Gasteiger partial charge >= 0.3 is 0 Å². The quantitative estimate of drug-likeness (QED) is 0.621. The normalized spacial score (nSPS) is 16.9. The predicted octanol–water partition coefficient (Wildman–Crippen LogP) is 3.21. The van der Waals surface area contributed by atoms with Crippen LogP contribution < -0.4 is 11.1 Å². The molecular weight excluding hydrogens is 266 g/mol. The van der Waals surface area contributed by atoms with Crippen LogP contribution >= 0.6 is 23.3 Å². The van der Waals surface area contributed by atoms with Crippen molar-refractivity contribution in [2.45, 2.75) is 43.1 Å². The van der Waals surface area contributed by atoms with Crippen LogP contribution in [0.3, 0.4) is 0 Å². The van der Waals surface area contributed by atoms with Crippen LogP contribution in [0.2, 0.25) is 0 Å². The molecule has 0 aliphatic heterocycles. The van der Waals surface area contributed by atoms with E-state index in [0.29, 0.717) is 11.9 Å². The lowest BCUT2D eigenvalue weighted by Crippen LogP contribution is -2.20. The number of nitrogen functional groups attached to an aromatic ring is 1. The Kier molecular flexibility index (Phi) is 5.59. The fourth-order valence-corrected chi connectivity index (χ4v) is 3.79. The molecule has 0 spiro atoms. The first kappa shape index (κ1) is 14.0. The number of ether oxygens (including phenoxy) is 1. The van der Waals surface area contributed by atoms with Gasteiger partial charge in [-0.15, -0.1) is 11.8 Å². The van der Waals surface area contributed by atoms with Gasteiger partial charge in [-0.25, -0.2) is 0 Å². The topological polar surface area (TPSA) is 60.2 Å². The van der Waals surface area contributed by atoms with Crippen molar-refractivity contribution in [2.24, 2.45) is 0 Å². The summed E-state index contributed by atoms with van der Waals surface area (Å²) >= 11 is 3.06. The van der Waals surface area contributed by atoms with E-state index in [-0.39, 0.29) is 0 Å². The molecular formula is C12H21N3OS2. The highest BCUT2D eigenvalue weighted by molar-refractivity contribution is 7.99. The van der Waals surface area contributed by atoms with Crippen molar-refractivity contribution in [3.8, 4) is 0 Å². The van der Waals surface area contributed by atoms with Crippen molar-refractivity contribution in [2.75, 3.05) is 30.5 Å². The second-order valence-corrected chi connectivity index (χ2v) is 6.08. The number of rotatable bonds is 6. The van der Waals surface area contributed by atoms with Crippen LogP contribution in [-0.4, -0.2) is 29.9 Å². The molecule has 1 aliphatic carbocycles. The number of hydrogen-bond donors (Lipinski definition) is 2. The van der Waals surface area contributed by atoms with Gasteiger partial charge in [-0.3, -0.25) is 0 Å². The zero-order chi connectivity index (χ0) is 12.8. The second kappa shape index (κ2) is 7.21. The summed E-state index contributed by atoms with van der Waals surface area (Å²) in [5.41, 5.74) is 5.78. The SMILES string of the molecule is CSc1c(N)nsc1NCCOC1CCCCC1. The highest BCUT2D eigenvalue weighted by Crippen LogP contribution is 2.34. The second-order valence-electron chi connectivity index (χ2n) is 4.49. The van der Waals surface area contributed by atoms with Crippen molar-refractivity contribution < 1.29 is 4.74 Å². The van der Waals surface area contributed by atoms with Crippen molar-refractivity contribution in [3.63, 3.8) is 0 Å². The van der Waals surface area contributed by atoms with E-state index < -0.39 is 0 Å². The highest BCUT2D eigenvalue weighted by Gasteiger charge is 2.13. The Balaban J connectivity index is 1.68. The molecule has 18 heavy (non-hydrogen) atoms. The van der Waals surface area contributed by atoms with Gasteiger partial charge in [0.25, 0.3) is 0 Å². The summed E-state index contributed by atoms with van der Waals surface area (Å²) in [6.45, 7) is 1.59. The minimum atomic E-state index is 0.479. The van der Waals surface area contributed by atoms with Crippen LogP contribution in [0, 0.1) is 0 Å². The predicted molar refractivity (Wildman–Crippen MR) is 79.6 cm³/mol. The number of nitrogens with two attached hydrogens (primary N) is 1. The number of nitrogens with one attached hydrogen (secondary N) is 1. The van der Waals surface area contributed by atoms with Gasteiger partial charge in [0.05, 0.1) is 17.6 Å². The third kappa shape index (κ3) is 3.76.